The quantitative estimate of drug-likeness (QED) is 0.219. The summed E-state index contributed by atoms with van der Waals surface area (Å²) in [5.41, 5.74) is 3.44. The first-order chi connectivity index (χ1) is 15.1. The number of hydrogen-bond donors (Lipinski definition) is 0. The van der Waals surface area contributed by atoms with Crippen LogP contribution in [0, 0.1) is 6.92 Å². The number of unbranched alkanes of at least 4 members (excludes halogenated alkanes) is 5. The van der Waals surface area contributed by atoms with Gasteiger partial charge in [0.15, 0.2) is 5.16 Å². The highest BCUT2D eigenvalue weighted by molar-refractivity contribution is 7.99. The number of fused-ring (bicyclic) bond motifs is 3. The van der Waals surface area contributed by atoms with Gasteiger partial charge in [-0.05, 0) is 44.5 Å². The molecule has 0 fully saturated rings. The van der Waals surface area contributed by atoms with Crippen molar-refractivity contribution in [3.8, 4) is 5.69 Å². The van der Waals surface area contributed by atoms with Crippen molar-refractivity contribution in [3.63, 3.8) is 0 Å². The Morgan fingerprint density at radius 3 is 2.61 bits per heavy atom. The van der Waals surface area contributed by atoms with Gasteiger partial charge < -0.3 is 4.90 Å². The molecule has 1 aliphatic heterocycles. The minimum Gasteiger partial charge on any atom is -0.301 e. The number of nitrogens with zero attached hydrogens (tertiary/aromatic N) is 3. The van der Waals surface area contributed by atoms with Crippen LogP contribution < -0.4 is 5.56 Å². The highest BCUT2D eigenvalue weighted by Crippen LogP contribution is 2.34. The molecule has 0 radical (unpaired) electrons. The van der Waals surface area contributed by atoms with Gasteiger partial charge in [0.1, 0.15) is 4.83 Å². The Balaban J connectivity index is 1.67. The Morgan fingerprint density at radius 2 is 1.84 bits per heavy atom. The van der Waals surface area contributed by atoms with E-state index in [0.717, 1.165) is 46.3 Å². The molecule has 4 nitrogen and oxygen atoms in total. The predicted octanol–water partition coefficient (Wildman–Crippen LogP) is 6.20. The fraction of sp³-hybridized carbons (Fsp3) is 0.520. The van der Waals surface area contributed by atoms with Gasteiger partial charge in [-0.25, -0.2) is 4.98 Å². The van der Waals surface area contributed by atoms with Crippen LogP contribution in [0.5, 0.6) is 0 Å². The number of thiophene rings is 1. The van der Waals surface area contributed by atoms with Gasteiger partial charge >= 0.3 is 0 Å². The van der Waals surface area contributed by atoms with Crippen LogP contribution in [0.1, 0.15) is 61.5 Å². The molecule has 2 aromatic heterocycles. The molecule has 166 valence electrons. The molecular weight excluding hydrogens is 422 g/mol. The molecule has 1 aliphatic rings. The number of rotatable bonds is 9. The maximum Gasteiger partial charge on any atom is 0.267 e. The number of benzene rings is 1. The maximum absolute atomic E-state index is 13.8. The SMILES string of the molecule is CCCCCCCCSc1nc2sc3c(c2c(=O)n1-c1ccc(C)cc1)CCN(C)C3. The van der Waals surface area contributed by atoms with Gasteiger partial charge in [0.05, 0.1) is 11.1 Å². The Labute approximate surface area is 193 Å². The predicted molar refractivity (Wildman–Crippen MR) is 134 cm³/mol. The summed E-state index contributed by atoms with van der Waals surface area (Å²) in [5.74, 6) is 1.00. The lowest BCUT2D eigenvalue weighted by Crippen LogP contribution is -2.27. The maximum atomic E-state index is 13.8. The van der Waals surface area contributed by atoms with Gasteiger partial charge in [-0.15, -0.1) is 11.3 Å². The molecule has 1 aromatic carbocycles. The Morgan fingerprint density at radius 1 is 1.10 bits per heavy atom. The summed E-state index contributed by atoms with van der Waals surface area (Å²) in [6.07, 6.45) is 8.59. The molecule has 0 amide bonds. The minimum absolute atomic E-state index is 0.0985. The number of aromatic nitrogens is 2. The molecule has 0 spiro atoms. The zero-order valence-corrected chi connectivity index (χ0v) is 20.6. The van der Waals surface area contributed by atoms with Crippen LogP contribution in [0.4, 0.5) is 0 Å². The smallest absolute Gasteiger partial charge is 0.267 e. The number of likely N-dealkylation sites (N-methyl/N-ethyl adjacent to an activating group) is 1. The molecule has 6 heteroatoms. The van der Waals surface area contributed by atoms with Gasteiger partial charge in [-0.1, -0.05) is 68.5 Å². The molecule has 4 rings (SSSR count). The topological polar surface area (TPSA) is 38.1 Å². The monoisotopic (exact) mass is 455 g/mol. The second kappa shape index (κ2) is 10.3. The second-order valence-corrected chi connectivity index (χ2v) is 10.8. The van der Waals surface area contributed by atoms with Crippen LogP contribution in [-0.4, -0.2) is 33.8 Å². The summed E-state index contributed by atoms with van der Waals surface area (Å²) < 4.78 is 1.86. The summed E-state index contributed by atoms with van der Waals surface area (Å²) in [4.78, 5) is 23.3. The van der Waals surface area contributed by atoms with E-state index < -0.39 is 0 Å². The van der Waals surface area contributed by atoms with Crippen molar-refractivity contribution in [1.82, 2.24) is 14.5 Å². The third kappa shape index (κ3) is 5.07. The highest BCUT2D eigenvalue weighted by atomic mass is 32.2. The first-order valence-electron chi connectivity index (χ1n) is 11.5. The third-order valence-corrected chi connectivity index (χ3v) is 8.19. The van der Waals surface area contributed by atoms with E-state index in [0.29, 0.717) is 0 Å². The highest BCUT2D eigenvalue weighted by Gasteiger charge is 2.24. The molecule has 0 atom stereocenters. The molecule has 3 aromatic rings. The van der Waals surface area contributed by atoms with Gasteiger partial charge in [0.25, 0.3) is 5.56 Å². The van der Waals surface area contributed by atoms with E-state index >= 15 is 0 Å². The second-order valence-electron chi connectivity index (χ2n) is 8.66. The van der Waals surface area contributed by atoms with Crippen molar-refractivity contribution >= 4 is 33.3 Å². The first-order valence-corrected chi connectivity index (χ1v) is 13.3. The van der Waals surface area contributed by atoms with Crippen molar-refractivity contribution in [2.24, 2.45) is 0 Å². The zero-order chi connectivity index (χ0) is 21.8. The number of thioether (sulfide) groups is 1. The summed E-state index contributed by atoms with van der Waals surface area (Å²) in [5, 5.41) is 1.68. The van der Waals surface area contributed by atoms with E-state index in [-0.39, 0.29) is 5.56 Å². The average molecular weight is 456 g/mol. The van der Waals surface area contributed by atoms with Gasteiger partial charge in [-0.2, -0.15) is 0 Å². The van der Waals surface area contributed by atoms with Crippen LogP contribution in [0.3, 0.4) is 0 Å². The molecule has 0 unspecified atom stereocenters. The molecule has 0 N–H and O–H groups in total. The lowest BCUT2D eigenvalue weighted by molar-refractivity contribution is 0.318. The van der Waals surface area contributed by atoms with Crippen molar-refractivity contribution in [2.45, 2.75) is 70.5 Å². The van der Waals surface area contributed by atoms with Gasteiger partial charge in [-0.3, -0.25) is 9.36 Å². The van der Waals surface area contributed by atoms with E-state index in [2.05, 4.69) is 37.9 Å². The summed E-state index contributed by atoms with van der Waals surface area (Å²) in [6.45, 7) is 6.24. The summed E-state index contributed by atoms with van der Waals surface area (Å²) in [7, 11) is 2.15. The fourth-order valence-corrected chi connectivity index (χ4v) is 6.57. The Bertz CT molecular complexity index is 1080. The standard InChI is InChI=1S/C25H33N3OS2/c1-4-5-6-7-8-9-16-30-25-26-23-22(20-14-15-27(3)17-21(20)31-23)24(29)28(25)19-12-10-18(2)11-13-19/h10-13H,4-9,14-17H2,1-3H3. The van der Waals surface area contributed by atoms with E-state index in [4.69, 9.17) is 4.98 Å². The lowest BCUT2D eigenvalue weighted by Gasteiger charge is -2.21. The minimum atomic E-state index is 0.0985. The first kappa shape index (κ1) is 22.6. The Hall–Kier alpha value is -1.63. The number of hydrogen-bond acceptors (Lipinski definition) is 5. The summed E-state index contributed by atoms with van der Waals surface area (Å²) >= 11 is 3.44. The molecule has 0 saturated heterocycles. The van der Waals surface area contributed by atoms with E-state index in [1.165, 1.54) is 54.5 Å². The molecule has 3 heterocycles. The van der Waals surface area contributed by atoms with Crippen LogP contribution in [0.25, 0.3) is 15.9 Å². The van der Waals surface area contributed by atoms with Crippen molar-refractivity contribution in [3.05, 3.63) is 50.6 Å². The average Bonchev–Trinajstić information content (AvgIpc) is 3.11. The largest absolute Gasteiger partial charge is 0.301 e. The van der Waals surface area contributed by atoms with Crippen LogP contribution in [0.15, 0.2) is 34.2 Å². The van der Waals surface area contributed by atoms with Crippen molar-refractivity contribution in [1.29, 1.82) is 0 Å². The third-order valence-electron chi connectivity index (χ3n) is 6.06. The summed E-state index contributed by atoms with van der Waals surface area (Å²) in [6, 6.07) is 8.25. The number of aryl methyl sites for hydroxylation is 1. The van der Waals surface area contributed by atoms with Crippen molar-refractivity contribution < 1.29 is 0 Å². The van der Waals surface area contributed by atoms with Gasteiger partial charge in [0, 0.05) is 23.7 Å². The molecule has 31 heavy (non-hydrogen) atoms. The molecular formula is C25H33N3OS2. The van der Waals surface area contributed by atoms with E-state index in [1.54, 1.807) is 23.1 Å². The molecule has 0 aliphatic carbocycles. The normalized spacial score (nSPS) is 14.3. The van der Waals surface area contributed by atoms with Crippen LogP contribution in [-0.2, 0) is 13.0 Å². The lowest BCUT2D eigenvalue weighted by atomic mass is 10.1. The van der Waals surface area contributed by atoms with E-state index in [1.807, 2.05) is 16.7 Å². The van der Waals surface area contributed by atoms with Gasteiger partial charge in [0.2, 0.25) is 0 Å². The van der Waals surface area contributed by atoms with Crippen molar-refractivity contribution in [2.75, 3.05) is 19.3 Å². The van der Waals surface area contributed by atoms with Crippen LogP contribution >= 0.6 is 23.1 Å². The molecule has 0 bridgehead atoms. The Kier molecular flexibility index (Phi) is 7.51. The van der Waals surface area contributed by atoms with E-state index in [9.17, 15) is 4.79 Å². The van der Waals surface area contributed by atoms with Crippen LogP contribution in [0.2, 0.25) is 0 Å². The zero-order valence-electron chi connectivity index (χ0n) is 18.9. The molecule has 0 saturated carbocycles. The fourth-order valence-electron chi connectivity index (χ4n) is 4.22.